The van der Waals surface area contributed by atoms with Crippen LogP contribution in [0.2, 0.25) is 0 Å². The Morgan fingerprint density at radius 1 is 1.31 bits per heavy atom. The molecule has 1 saturated heterocycles. The highest BCUT2D eigenvalue weighted by atomic mass is 15.2. The van der Waals surface area contributed by atoms with Crippen molar-refractivity contribution in [3.8, 4) is 0 Å². The van der Waals surface area contributed by atoms with Gasteiger partial charge in [0, 0.05) is 18.6 Å². The maximum Gasteiger partial charge on any atom is 0.191 e. The van der Waals surface area contributed by atoms with Crippen LogP contribution >= 0.6 is 0 Å². The normalized spacial score (nSPS) is 18.1. The van der Waals surface area contributed by atoms with Gasteiger partial charge in [-0.1, -0.05) is 0 Å². The van der Waals surface area contributed by atoms with E-state index in [2.05, 4.69) is 48.2 Å². The molecule has 1 fully saturated rings. The minimum absolute atomic E-state index is 0.0672. The molecule has 0 unspecified atom stereocenters. The van der Waals surface area contributed by atoms with Gasteiger partial charge < -0.3 is 15.5 Å². The fourth-order valence-corrected chi connectivity index (χ4v) is 1.57. The molecule has 1 aliphatic rings. The number of guanidine groups is 1. The van der Waals surface area contributed by atoms with Crippen LogP contribution in [0, 0.1) is 0 Å². The molecule has 94 valence electrons. The first-order valence-corrected chi connectivity index (χ1v) is 6.30. The van der Waals surface area contributed by atoms with Gasteiger partial charge in [-0.25, -0.2) is 0 Å². The van der Waals surface area contributed by atoms with Gasteiger partial charge in [0.15, 0.2) is 5.96 Å². The van der Waals surface area contributed by atoms with Crippen molar-refractivity contribution in [3.63, 3.8) is 0 Å². The van der Waals surface area contributed by atoms with Gasteiger partial charge in [-0.3, -0.25) is 4.99 Å². The third-order valence-electron chi connectivity index (χ3n) is 2.47. The SMILES string of the molecule is CCNC(=NCCN1CCC1)NC(C)(C)C. The summed E-state index contributed by atoms with van der Waals surface area (Å²) in [4.78, 5) is 7.01. The van der Waals surface area contributed by atoms with Crippen molar-refractivity contribution in [2.75, 3.05) is 32.7 Å². The van der Waals surface area contributed by atoms with E-state index in [9.17, 15) is 0 Å². The number of nitrogens with zero attached hydrogens (tertiary/aromatic N) is 2. The molecule has 1 aliphatic heterocycles. The van der Waals surface area contributed by atoms with Crippen molar-refractivity contribution in [3.05, 3.63) is 0 Å². The lowest BCUT2D eigenvalue weighted by atomic mass is 10.1. The van der Waals surface area contributed by atoms with E-state index in [0.717, 1.165) is 25.6 Å². The first-order chi connectivity index (χ1) is 7.51. The molecule has 4 nitrogen and oxygen atoms in total. The molecule has 16 heavy (non-hydrogen) atoms. The maximum absolute atomic E-state index is 4.57. The van der Waals surface area contributed by atoms with Gasteiger partial charge in [-0.15, -0.1) is 0 Å². The summed E-state index contributed by atoms with van der Waals surface area (Å²) >= 11 is 0. The summed E-state index contributed by atoms with van der Waals surface area (Å²) in [7, 11) is 0. The van der Waals surface area contributed by atoms with Crippen molar-refractivity contribution in [1.29, 1.82) is 0 Å². The Kier molecular flexibility index (Phi) is 5.06. The van der Waals surface area contributed by atoms with Crippen LogP contribution in [0.25, 0.3) is 0 Å². The highest BCUT2D eigenvalue weighted by Crippen LogP contribution is 2.04. The molecule has 0 aromatic carbocycles. The second-order valence-electron chi connectivity index (χ2n) is 5.33. The van der Waals surface area contributed by atoms with Crippen LogP contribution < -0.4 is 10.6 Å². The highest BCUT2D eigenvalue weighted by Gasteiger charge is 2.13. The molecule has 4 heteroatoms. The molecule has 0 spiro atoms. The van der Waals surface area contributed by atoms with Gasteiger partial charge in [-0.2, -0.15) is 0 Å². The lowest BCUT2D eigenvalue weighted by Gasteiger charge is -2.30. The summed E-state index contributed by atoms with van der Waals surface area (Å²) in [5.41, 5.74) is 0.0672. The fraction of sp³-hybridized carbons (Fsp3) is 0.917. The summed E-state index contributed by atoms with van der Waals surface area (Å²) in [5.74, 6) is 0.926. The van der Waals surface area contributed by atoms with Crippen molar-refractivity contribution in [2.45, 2.75) is 39.7 Å². The minimum Gasteiger partial charge on any atom is -0.357 e. The number of hydrogen-bond donors (Lipinski definition) is 2. The van der Waals surface area contributed by atoms with Crippen LogP contribution in [0.4, 0.5) is 0 Å². The Bertz CT molecular complexity index is 226. The number of likely N-dealkylation sites (tertiary alicyclic amines) is 1. The van der Waals surface area contributed by atoms with E-state index in [0.29, 0.717) is 0 Å². The van der Waals surface area contributed by atoms with Crippen LogP contribution in [-0.4, -0.2) is 49.1 Å². The lowest BCUT2D eigenvalue weighted by molar-refractivity contribution is 0.187. The zero-order valence-electron chi connectivity index (χ0n) is 11.1. The second-order valence-corrected chi connectivity index (χ2v) is 5.33. The monoisotopic (exact) mass is 226 g/mol. The molecule has 2 N–H and O–H groups in total. The summed E-state index contributed by atoms with van der Waals surface area (Å²) in [6, 6.07) is 0. The average Bonchev–Trinajstić information content (AvgIpc) is 2.07. The van der Waals surface area contributed by atoms with Crippen molar-refractivity contribution in [1.82, 2.24) is 15.5 Å². The zero-order valence-corrected chi connectivity index (χ0v) is 11.1. The standard InChI is InChI=1S/C12H26N4/c1-5-13-11(15-12(2,3)4)14-7-10-16-8-6-9-16/h5-10H2,1-4H3,(H2,13,14,15). The minimum atomic E-state index is 0.0672. The molecule has 0 aromatic rings. The summed E-state index contributed by atoms with van der Waals surface area (Å²) < 4.78 is 0. The number of rotatable bonds is 4. The molecule has 0 aliphatic carbocycles. The Hall–Kier alpha value is -0.770. The smallest absolute Gasteiger partial charge is 0.191 e. The third-order valence-corrected chi connectivity index (χ3v) is 2.47. The molecule has 1 rings (SSSR count). The molecule has 0 aromatic heterocycles. The Morgan fingerprint density at radius 2 is 2.00 bits per heavy atom. The topological polar surface area (TPSA) is 39.7 Å². The van der Waals surface area contributed by atoms with E-state index in [1.807, 2.05) is 0 Å². The quantitative estimate of drug-likeness (QED) is 0.556. The summed E-state index contributed by atoms with van der Waals surface area (Å²) in [5, 5.41) is 6.66. The van der Waals surface area contributed by atoms with Crippen LogP contribution in [0.3, 0.4) is 0 Å². The number of nitrogens with one attached hydrogen (secondary N) is 2. The molecule has 0 amide bonds. The molecule has 1 heterocycles. The van der Waals surface area contributed by atoms with Gasteiger partial charge in [0.2, 0.25) is 0 Å². The van der Waals surface area contributed by atoms with Gasteiger partial charge in [-0.05, 0) is 47.2 Å². The van der Waals surface area contributed by atoms with Crippen molar-refractivity contribution < 1.29 is 0 Å². The van der Waals surface area contributed by atoms with Gasteiger partial charge in [0.25, 0.3) is 0 Å². The molecule has 0 saturated carbocycles. The fourth-order valence-electron chi connectivity index (χ4n) is 1.57. The Labute approximate surface area is 99.5 Å². The van der Waals surface area contributed by atoms with Crippen LogP contribution in [-0.2, 0) is 0 Å². The number of hydrogen-bond acceptors (Lipinski definition) is 2. The van der Waals surface area contributed by atoms with Gasteiger partial charge in [0.1, 0.15) is 0 Å². The van der Waals surface area contributed by atoms with E-state index >= 15 is 0 Å². The second kappa shape index (κ2) is 6.09. The largest absolute Gasteiger partial charge is 0.357 e. The molecule has 0 atom stereocenters. The Morgan fingerprint density at radius 3 is 2.44 bits per heavy atom. The lowest BCUT2D eigenvalue weighted by Crippen LogP contribution is -2.48. The summed E-state index contributed by atoms with van der Waals surface area (Å²) in [6.07, 6.45) is 1.35. The van der Waals surface area contributed by atoms with Crippen LogP contribution in [0.15, 0.2) is 4.99 Å². The molecule has 0 radical (unpaired) electrons. The molecular formula is C12H26N4. The van der Waals surface area contributed by atoms with Gasteiger partial charge in [0.05, 0.1) is 6.54 Å². The number of aliphatic imine (C=N–C) groups is 1. The van der Waals surface area contributed by atoms with E-state index < -0.39 is 0 Å². The van der Waals surface area contributed by atoms with E-state index in [4.69, 9.17) is 0 Å². The molecule has 0 bridgehead atoms. The van der Waals surface area contributed by atoms with E-state index in [1.54, 1.807) is 0 Å². The average molecular weight is 226 g/mol. The van der Waals surface area contributed by atoms with Crippen LogP contribution in [0.1, 0.15) is 34.1 Å². The van der Waals surface area contributed by atoms with Crippen LogP contribution in [0.5, 0.6) is 0 Å². The van der Waals surface area contributed by atoms with Crippen molar-refractivity contribution in [2.24, 2.45) is 4.99 Å². The predicted octanol–water partition coefficient (Wildman–Crippen LogP) is 1.05. The zero-order chi connectivity index (χ0) is 12.0. The van der Waals surface area contributed by atoms with E-state index in [1.165, 1.54) is 19.5 Å². The third kappa shape index (κ3) is 5.35. The van der Waals surface area contributed by atoms with Gasteiger partial charge >= 0.3 is 0 Å². The predicted molar refractivity (Wildman–Crippen MR) is 69.9 cm³/mol. The van der Waals surface area contributed by atoms with E-state index in [-0.39, 0.29) is 5.54 Å². The van der Waals surface area contributed by atoms with Crippen molar-refractivity contribution >= 4 is 5.96 Å². The highest BCUT2D eigenvalue weighted by molar-refractivity contribution is 5.80. The summed E-state index contributed by atoms with van der Waals surface area (Å²) in [6.45, 7) is 13.9. The molecular weight excluding hydrogens is 200 g/mol. The first-order valence-electron chi connectivity index (χ1n) is 6.30. The first kappa shape index (κ1) is 13.3. The Balaban J connectivity index is 2.31. The maximum atomic E-state index is 4.57.